The minimum atomic E-state index is -0.803. The number of Topliss-reactive ketones (excluding diaryl/α,β-unsaturated/α-hetero) is 1. The lowest BCUT2D eigenvalue weighted by Crippen LogP contribution is -2.43. The van der Waals surface area contributed by atoms with Gasteiger partial charge < -0.3 is 39.1 Å². The van der Waals surface area contributed by atoms with Gasteiger partial charge in [0.25, 0.3) is 0 Å². The highest BCUT2D eigenvalue weighted by atomic mass is 16.7. The lowest BCUT2D eigenvalue weighted by atomic mass is 9.78. The van der Waals surface area contributed by atoms with Crippen LogP contribution in [0.15, 0.2) is 18.2 Å². The second kappa shape index (κ2) is 19.4. The van der Waals surface area contributed by atoms with Crippen molar-refractivity contribution in [3.8, 4) is 11.5 Å². The van der Waals surface area contributed by atoms with Crippen molar-refractivity contribution in [2.24, 2.45) is 40.2 Å². The van der Waals surface area contributed by atoms with Crippen LogP contribution in [0, 0.1) is 34.5 Å². The molecule has 2 amide bonds. The molecule has 13 nitrogen and oxygen atoms in total. The first kappa shape index (κ1) is 43.3. The average molecular weight is 760 g/mol. The quantitative estimate of drug-likeness (QED) is 0.0893. The van der Waals surface area contributed by atoms with Crippen LogP contribution in [-0.2, 0) is 39.8 Å². The van der Waals surface area contributed by atoms with Crippen LogP contribution < -0.4 is 15.2 Å². The summed E-state index contributed by atoms with van der Waals surface area (Å²) in [5.41, 5.74) is 5.35. The number of carbonyl (C=O) groups is 4. The van der Waals surface area contributed by atoms with E-state index in [-0.39, 0.29) is 48.6 Å². The second-order valence-electron chi connectivity index (χ2n) is 16.8. The number of ketones is 1. The largest absolute Gasteiger partial charge is 0.493 e. The van der Waals surface area contributed by atoms with Crippen LogP contribution in [0.3, 0.4) is 0 Å². The lowest BCUT2D eigenvalue weighted by molar-refractivity contribution is -0.163. The minimum absolute atomic E-state index is 0.00262. The van der Waals surface area contributed by atoms with Gasteiger partial charge in [-0.2, -0.15) is 0 Å². The third-order valence-electron chi connectivity index (χ3n) is 12.0. The zero-order valence-corrected chi connectivity index (χ0v) is 33.9. The number of hydrogen-bond acceptors (Lipinski definition) is 11. The molecular weight excluding hydrogens is 694 g/mol. The van der Waals surface area contributed by atoms with Gasteiger partial charge in [0.05, 0.1) is 31.3 Å². The molecule has 54 heavy (non-hydrogen) atoms. The maximum atomic E-state index is 13.7. The lowest BCUT2D eigenvalue weighted by Gasteiger charge is -2.33. The molecule has 0 aliphatic carbocycles. The predicted octanol–water partition coefficient (Wildman–Crippen LogP) is 5.60. The van der Waals surface area contributed by atoms with E-state index in [4.69, 9.17) is 34.2 Å². The molecule has 0 aromatic heterocycles. The summed E-state index contributed by atoms with van der Waals surface area (Å²) < 4.78 is 34.3. The molecule has 2 bridgehead atoms. The molecule has 3 fully saturated rings. The van der Waals surface area contributed by atoms with Gasteiger partial charge in [-0.3, -0.25) is 19.3 Å². The van der Waals surface area contributed by atoms with Gasteiger partial charge in [-0.25, -0.2) is 4.79 Å². The molecule has 3 aliphatic heterocycles. The topological polar surface area (TPSA) is 156 Å². The van der Waals surface area contributed by atoms with Crippen molar-refractivity contribution < 1.29 is 47.6 Å². The van der Waals surface area contributed by atoms with Crippen molar-refractivity contribution in [1.82, 2.24) is 9.80 Å². The highest BCUT2D eigenvalue weighted by molar-refractivity contribution is 5.84. The molecule has 1 aromatic carbocycles. The molecule has 4 atom stereocenters. The number of amides is 2. The Labute approximate surface area is 321 Å². The van der Waals surface area contributed by atoms with Crippen LogP contribution in [-0.4, -0.2) is 106 Å². The maximum Gasteiger partial charge on any atom is 0.414 e. The number of rotatable bonds is 22. The summed E-state index contributed by atoms with van der Waals surface area (Å²) in [6, 6.07) is 5.56. The summed E-state index contributed by atoms with van der Waals surface area (Å²) in [6.45, 7) is 14.9. The molecule has 0 unspecified atom stereocenters. The molecule has 4 rings (SSSR count). The van der Waals surface area contributed by atoms with Gasteiger partial charge in [0.15, 0.2) is 11.5 Å². The van der Waals surface area contributed by atoms with Gasteiger partial charge in [0.2, 0.25) is 12.7 Å². The molecule has 0 saturated carbocycles. The Morgan fingerprint density at radius 3 is 2.30 bits per heavy atom. The Kier molecular flexibility index (Phi) is 15.6. The molecule has 3 aliphatic rings. The maximum absolute atomic E-state index is 13.7. The van der Waals surface area contributed by atoms with Crippen LogP contribution >= 0.6 is 0 Å². The van der Waals surface area contributed by atoms with Crippen molar-refractivity contribution in [3.05, 3.63) is 23.8 Å². The highest BCUT2D eigenvalue weighted by Crippen LogP contribution is 2.41. The predicted molar refractivity (Wildman–Crippen MR) is 203 cm³/mol. The number of hydrogen-bond donors (Lipinski definition) is 1. The van der Waals surface area contributed by atoms with Crippen molar-refractivity contribution in [3.63, 3.8) is 0 Å². The molecule has 13 heteroatoms. The summed E-state index contributed by atoms with van der Waals surface area (Å²) in [7, 11) is 3.28. The first-order valence-electron chi connectivity index (χ1n) is 19.7. The van der Waals surface area contributed by atoms with Crippen LogP contribution in [0.25, 0.3) is 0 Å². The Hall–Kier alpha value is -3.42. The van der Waals surface area contributed by atoms with Crippen molar-refractivity contribution in [2.45, 2.75) is 105 Å². The highest BCUT2D eigenvalue weighted by Gasteiger charge is 2.50. The summed E-state index contributed by atoms with van der Waals surface area (Å²) in [5, 5.41) is 0. The van der Waals surface area contributed by atoms with Crippen LogP contribution in [0.5, 0.6) is 11.5 Å². The van der Waals surface area contributed by atoms with Gasteiger partial charge >= 0.3 is 12.1 Å². The normalized spacial score (nSPS) is 23.4. The van der Waals surface area contributed by atoms with Crippen LogP contribution in [0.4, 0.5) is 4.79 Å². The number of nitrogens with zero attached hydrogens (tertiary/aromatic N) is 2. The molecular formula is C41H65N3O10. The molecule has 0 radical (unpaired) electrons. The molecule has 0 spiro atoms. The Balaban J connectivity index is 1.51. The minimum Gasteiger partial charge on any atom is -0.493 e. The first-order valence-corrected chi connectivity index (χ1v) is 19.7. The van der Waals surface area contributed by atoms with E-state index in [2.05, 4.69) is 18.7 Å². The summed E-state index contributed by atoms with van der Waals surface area (Å²) in [4.78, 5) is 56.3. The van der Waals surface area contributed by atoms with E-state index in [0.717, 1.165) is 37.9 Å². The monoisotopic (exact) mass is 759 g/mol. The summed E-state index contributed by atoms with van der Waals surface area (Å²) in [5.74, 6) is 0.587. The first-order chi connectivity index (χ1) is 25.6. The standard InChI is InChI=1S/C41H65N3O10/c1-27(2)30(20-29-10-11-34(50-8)36(21-29)51-19-9-18-49-7)22-32-35(23-31(28(3)4)33(45)12-13-40(5,6)37(42)46)52-25-44(32)39(48)54-26-53-38(47)41-14-16-43(24-41)17-15-41/h10-11,21,27-28,30-32,35H,9,12-20,22-26H2,1-8H3,(H2,42,46)/t30-,31-,32-,35-/m0/s1. The van der Waals surface area contributed by atoms with E-state index in [0.29, 0.717) is 56.9 Å². The van der Waals surface area contributed by atoms with Crippen LogP contribution in [0.2, 0.25) is 0 Å². The van der Waals surface area contributed by atoms with Gasteiger partial charge in [0.1, 0.15) is 12.5 Å². The second-order valence-corrected chi connectivity index (χ2v) is 16.8. The number of esters is 1. The van der Waals surface area contributed by atoms with E-state index in [1.165, 1.54) is 0 Å². The fourth-order valence-electron chi connectivity index (χ4n) is 7.96. The zero-order chi connectivity index (χ0) is 39.6. The number of primary amides is 1. The molecule has 3 heterocycles. The van der Waals surface area contributed by atoms with E-state index in [1.54, 1.807) is 33.0 Å². The van der Waals surface area contributed by atoms with Gasteiger partial charge in [0, 0.05) is 44.4 Å². The number of methoxy groups -OCH3 is 2. The third-order valence-corrected chi connectivity index (χ3v) is 12.0. The van der Waals surface area contributed by atoms with Crippen LogP contribution in [0.1, 0.15) is 92.1 Å². The van der Waals surface area contributed by atoms with E-state index < -0.39 is 41.8 Å². The number of fused-ring (bicyclic) bond motifs is 2. The fourth-order valence-corrected chi connectivity index (χ4v) is 7.96. The average Bonchev–Trinajstić information content (AvgIpc) is 3.87. The number of benzene rings is 1. The Bertz CT molecular complexity index is 1420. The van der Waals surface area contributed by atoms with E-state index in [9.17, 15) is 19.2 Å². The smallest absolute Gasteiger partial charge is 0.414 e. The molecule has 2 N–H and O–H groups in total. The van der Waals surface area contributed by atoms with E-state index >= 15 is 0 Å². The zero-order valence-electron chi connectivity index (χ0n) is 33.9. The number of carbonyl (C=O) groups excluding carboxylic acids is 4. The Morgan fingerprint density at radius 1 is 0.981 bits per heavy atom. The Morgan fingerprint density at radius 2 is 1.70 bits per heavy atom. The molecule has 304 valence electrons. The van der Waals surface area contributed by atoms with Crippen molar-refractivity contribution in [2.75, 3.05) is 60.6 Å². The fraction of sp³-hybridized carbons (Fsp3) is 0.756. The summed E-state index contributed by atoms with van der Waals surface area (Å²) >= 11 is 0. The molecule has 3 saturated heterocycles. The number of piperidine rings is 1. The third kappa shape index (κ3) is 11.1. The SMILES string of the molecule is COCCCOc1cc(C[C@@H](C[C@H]2[C@H](C[C@H](C(=O)CCC(C)(C)C(N)=O)C(C)C)OCN2C(=O)OCOC(=O)C23CCN(CC2)C3)C(C)C)ccc1OC. The van der Waals surface area contributed by atoms with Crippen molar-refractivity contribution >= 4 is 23.8 Å². The van der Waals surface area contributed by atoms with Gasteiger partial charge in [-0.15, -0.1) is 0 Å². The van der Waals surface area contributed by atoms with Crippen molar-refractivity contribution in [1.29, 1.82) is 0 Å². The number of ether oxygens (including phenoxy) is 6. The van der Waals surface area contributed by atoms with Gasteiger partial charge in [-0.05, 0) is 87.1 Å². The van der Waals surface area contributed by atoms with E-state index in [1.807, 2.05) is 32.0 Å². The molecule has 1 aromatic rings. The summed E-state index contributed by atoms with van der Waals surface area (Å²) in [6.07, 6.45) is 3.45. The number of nitrogens with two attached hydrogens (primary N) is 1. The van der Waals surface area contributed by atoms with Gasteiger partial charge in [-0.1, -0.05) is 47.6 Å².